The predicted octanol–water partition coefficient (Wildman–Crippen LogP) is 2.37. The van der Waals surface area contributed by atoms with E-state index in [4.69, 9.17) is 0 Å². The average molecular weight is 240 g/mol. The minimum Gasteiger partial charge on any atom is -0.308 e. The lowest BCUT2D eigenvalue weighted by molar-refractivity contribution is 0.0173. The van der Waals surface area contributed by atoms with E-state index in [-0.39, 0.29) is 11.6 Å². The van der Waals surface area contributed by atoms with E-state index in [1.165, 1.54) is 6.07 Å². The zero-order chi connectivity index (χ0) is 12.5. The molecular formula is C13H18F2N2. The third-order valence-corrected chi connectivity index (χ3v) is 3.17. The summed E-state index contributed by atoms with van der Waals surface area (Å²) in [6, 6.07) is 6.85. The van der Waals surface area contributed by atoms with Crippen molar-refractivity contribution in [1.82, 2.24) is 10.2 Å². The zero-order valence-corrected chi connectivity index (χ0v) is 10.2. The van der Waals surface area contributed by atoms with Crippen molar-refractivity contribution >= 4 is 0 Å². The van der Waals surface area contributed by atoms with Gasteiger partial charge in [0.1, 0.15) is 0 Å². The summed E-state index contributed by atoms with van der Waals surface area (Å²) in [5, 5.41) is 3.36. The van der Waals surface area contributed by atoms with Gasteiger partial charge in [0, 0.05) is 38.2 Å². The lowest BCUT2D eigenvalue weighted by atomic mass is 10.00. The Kier molecular flexibility index (Phi) is 3.45. The summed E-state index contributed by atoms with van der Waals surface area (Å²) in [5.74, 6) is -2.77. The van der Waals surface area contributed by atoms with Gasteiger partial charge in [-0.15, -0.1) is 0 Å². The van der Waals surface area contributed by atoms with Crippen molar-refractivity contribution in [3.63, 3.8) is 0 Å². The Morgan fingerprint density at radius 2 is 2.18 bits per heavy atom. The summed E-state index contributed by atoms with van der Waals surface area (Å²) >= 11 is 0. The molecule has 1 fully saturated rings. The Morgan fingerprint density at radius 1 is 1.41 bits per heavy atom. The number of likely N-dealkylation sites (N-methyl/N-ethyl adjacent to an activating group) is 1. The monoisotopic (exact) mass is 240 g/mol. The van der Waals surface area contributed by atoms with E-state index in [9.17, 15) is 8.78 Å². The zero-order valence-electron chi connectivity index (χ0n) is 10.2. The number of alkyl halides is 2. The third-order valence-electron chi connectivity index (χ3n) is 3.17. The van der Waals surface area contributed by atoms with E-state index >= 15 is 0 Å². The molecule has 0 aliphatic carbocycles. The second-order valence-electron chi connectivity index (χ2n) is 4.78. The number of benzene rings is 1. The van der Waals surface area contributed by atoms with Crippen LogP contribution in [-0.4, -0.2) is 31.6 Å². The Bertz CT molecular complexity index is 387. The summed E-state index contributed by atoms with van der Waals surface area (Å²) in [4.78, 5) is 2.21. The first-order chi connectivity index (χ1) is 7.97. The molecule has 1 heterocycles. The molecule has 1 aromatic carbocycles. The first-order valence-electron chi connectivity index (χ1n) is 5.87. The second-order valence-corrected chi connectivity index (χ2v) is 4.78. The Hall–Kier alpha value is -1.00. The van der Waals surface area contributed by atoms with Crippen molar-refractivity contribution in [2.45, 2.75) is 18.9 Å². The largest absolute Gasteiger partial charge is 0.308 e. The fourth-order valence-corrected chi connectivity index (χ4v) is 2.15. The number of hydrogen-bond donors (Lipinski definition) is 1. The summed E-state index contributed by atoms with van der Waals surface area (Å²) in [7, 11) is 2.05. The highest BCUT2D eigenvalue weighted by Gasteiger charge is 2.26. The molecule has 4 heteroatoms. The lowest BCUT2D eigenvalue weighted by Crippen LogP contribution is -2.43. The molecule has 17 heavy (non-hydrogen) atoms. The predicted molar refractivity (Wildman–Crippen MR) is 64.3 cm³/mol. The number of halogens is 2. The van der Waals surface area contributed by atoms with Crippen LogP contribution < -0.4 is 5.32 Å². The Morgan fingerprint density at radius 3 is 2.82 bits per heavy atom. The van der Waals surface area contributed by atoms with Crippen molar-refractivity contribution < 1.29 is 8.78 Å². The molecular weight excluding hydrogens is 222 g/mol. The van der Waals surface area contributed by atoms with Crippen LogP contribution in [0, 0.1) is 0 Å². The number of piperazine rings is 1. The van der Waals surface area contributed by atoms with Crippen LogP contribution in [0.5, 0.6) is 0 Å². The summed E-state index contributed by atoms with van der Waals surface area (Å²) in [6.07, 6.45) is 0. The second kappa shape index (κ2) is 4.70. The standard InChI is InChI=1S/C13H18F2N2/c1-13(14,15)11-5-3-4-10(8-11)12-9-17(2)7-6-16-12/h3-5,8,12,16H,6-7,9H2,1-2H3. The van der Waals surface area contributed by atoms with Crippen molar-refractivity contribution in [2.75, 3.05) is 26.7 Å². The van der Waals surface area contributed by atoms with Gasteiger partial charge in [-0.3, -0.25) is 0 Å². The number of hydrogen-bond acceptors (Lipinski definition) is 2. The fraction of sp³-hybridized carbons (Fsp3) is 0.538. The molecule has 2 nitrogen and oxygen atoms in total. The first-order valence-corrected chi connectivity index (χ1v) is 5.87. The van der Waals surface area contributed by atoms with Gasteiger partial charge < -0.3 is 10.2 Å². The SMILES string of the molecule is CN1CCNC(c2cccc(C(C)(F)F)c2)C1. The Balaban J connectivity index is 2.21. The minimum absolute atomic E-state index is 0.0880. The van der Waals surface area contributed by atoms with Crippen molar-refractivity contribution in [3.05, 3.63) is 35.4 Å². The van der Waals surface area contributed by atoms with Gasteiger partial charge in [0.25, 0.3) is 5.92 Å². The van der Waals surface area contributed by atoms with E-state index in [2.05, 4.69) is 10.2 Å². The van der Waals surface area contributed by atoms with Gasteiger partial charge in [-0.05, 0) is 18.7 Å². The molecule has 1 aliphatic heterocycles. The van der Waals surface area contributed by atoms with Crippen LogP contribution in [0.1, 0.15) is 24.1 Å². The first kappa shape index (κ1) is 12.5. The molecule has 94 valence electrons. The molecule has 0 saturated carbocycles. The van der Waals surface area contributed by atoms with Crippen LogP contribution in [0.3, 0.4) is 0 Å². The van der Waals surface area contributed by atoms with Crippen LogP contribution in [0.15, 0.2) is 24.3 Å². The van der Waals surface area contributed by atoms with Gasteiger partial charge in [0.15, 0.2) is 0 Å². The van der Waals surface area contributed by atoms with E-state index in [0.29, 0.717) is 0 Å². The highest BCUT2D eigenvalue weighted by molar-refractivity contribution is 5.29. The third kappa shape index (κ3) is 3.01. The van der Waals surface area contributed by atoms with Gasteiger partial charge >= 0.3 is 0 Å². The van der Waals surface area contributed by atoms with Crippen molar-refractivity contribution in [3.8, 4) is 0 Å². The number of rotatable bonds is 2. The minimum atomic E-state index is -2.77. The molecule has 0 bridgehead atoms. The van der Waals surface area contributed by atoms with Crippen molar-refractivity contribution in [2.24, 2.45) is 0 Å². The number of nitrogens with zero attached hydrogens (tertiary/aromatic N) is 1. The van der Waals surface area contributed by atoms with Crippen LogP contribution in [0.25, 0.3) is 0 Å². The average Bonchev–Trinajstić information content (AvgIpc) is 2.28. The summed E-state index contributed by atoms with van der Waals surface area (Å²) in [5.41, 5.74) is 1.03. The van der Waals surface area contributed by atoms with Crippen LogP contribution in [0.2, 0.25) is 0 Å². The number of nitrogens with one attached hydrogen (secondary N) is 1. The van der Waals surface area contributed by atoms with Crippen LogP contribution >= 0.6 is 0 Å². The molecule has 0 spiro atoms. The topological polar surface area (TPSA) is 15.3 Å². The highest BCUT2D eigenvalue weighted by atomic mass is 19.3. The summed E-state index contributed by atoms with van der Waals surface area (Å²) < 4.78 is 26.5. The molecule has 1 aliphatic rings. The van der Waals surface area contributed by atoms with Gasteiger partial charge in [-0.2, -0.15) is 0 Å². The van der Waals surface area contributed by atoms with E-state index in [1.807, 2.05) is 13.1 Å². The molecule has 0 aromatic heterocycles. The fourth-order valence-electron chi connectivity index (χ4n) is 2.15. The van der Waals surface area contributed by atoms with E-state index < -0.39 is 5.92 Å². The van der Waals surface area contributed by atoms with E-state index in [0.717, 1.165) is 32.1 Å². The highest BCUT2D eigenvalue weighted by Crippen LogP contribution is 2.29. The maximum atomic E-state index is 13.2. The van der Waals surface area contributed by atoms with Gasteiger partial charge in [-0.25, -0.2) is 8.78 Å². The quantitative estimate of drug-likeness (QED) is 0.853. The van der Waals surface area contributed by atoms with Gasteiger partial charge in [0.2, 0.25) is 0 Å². The van der Waals surface area contributed by atoms with E-state index in [1.54, 1.807) is 12.1 Å². The molecule has 1 N–H and O–H groups in total. The molecule has 1 unspecified atom stereocenters. The molecule has 1 atom stereocenters. The normalized spacial score (nSPS) is 22.7. The van der Waals surface area contributed by atoms with Crippen LogP contribution in [-0.2, 0) is 5.92 Å². The maximum Gasteiger partial charge on any atom is 0.270 e. The van der Waals surface area contributed by atoms with Crippen molar-refractivity contribution in [1.29, 1.82) is 0 Å². The maximum absolute atomic E-state index is 13.2. The molecule has 1 saturated heterocycles. The van der Waals surface area contributed by atoms with Crippen LogP contribution in [0.4, 0.5) is 8.78 Å². The Labute approximate surface area is 101 Å². The molecule has 0 radical (unpaired) electrons. The van der Waals surface area contributed by atoms with Gasteiger partial charge in [-0.1, -0.05) is 18.2 Å². The summed E-state index contributed by atoms with van der Waals surface area (Å²) in [6.45, 7) is 3.69. The molecule has 0 amide bonds. The van der Waals surface area contributed by atoms with Gasteiger partial charge in [0.05, 0.1) is 0 Å². The smallest absolute Gasteiger partial charge is 0.270 e. The molecule has 2 rings (SSSR count). The lowest BCUT2D eigenvalue weighted by Gasteiger charge is -2.31. The molecule has 1 aromatic rings.